The molecule has 5 rings (SSSR count). The lowest BCUT2D eigenvalue weighted by molar-refractivity contribution is 0.591. The molecule has 0 saturated heterocycles. The van der Waals surface area contributed by atoms with Crippen LogP contribution in [0, 0.1) is 0 Å². The molecule has 0 aromatic heterocycles. The third-order valence-electron chi connectivity index (χ3n) is 5.48. The van der Waals surface area contributed by atoms with Crippen LogP contribution in [0.15, 0.2) is 78.9 Å². The molecule has 0 atom stereocenters. The summed E-state index contributed by atoms with van der Waals surface area (Å²) in [6.07, 6.45) is 0. The van der Waals surface area contributed by atoms with E-state index in [-0.39, 0.29) is 5.41 Å². The maximum Gasteiger partial charge on any atom is -0.0132 e. The van der Waals surface area contributed by atoms with Gasteiger partial charge in [0.2, 0.25) is 0 Å². The summed E-state index contributed by atoms with van der Waals surface area (Å²) in [7, 11) is 0. The highest BCUT2D eigenvalue weighted by Crippen LogP contribution is 2.32. The van der Waals surface area contributed by atoms with Crippen LogP contribution in [-0.4, -0.2) is 0 Å². The van der Waals surface area contributed by atoms with Gasteiger partial charge in [-0.05, 0) is 90.5 Å². The first-order chi connectivity index (χ1) is 12.5. The van der Waals surface area contributed by atoms with Crippen molar-refractivity contribution in [3.05, 3.63) is 84.4 Å². The van der Waals surface area contributed by atoms with Crippen molar-refractivity contribution in [2.75, 3.05) is 0 Å². The predicted octanol–water partition coefficient (Wildman–Crippen LogP) is 7.60. The topological polar surface area (TPSA) is 0 Å². The minimum Gasteiger partial charge on any atom is -0.0616 e. The molecule has 0 amide bonds. The largest absolute Gasteiger partial charge is 0.0616 e. The number of hydrogen-bond donors (Lipinski definition) is 0. The van der Waals surface area contributed by atoms with E-state index in [4.69, 9.17) is 0 Å². The van der Waals surface area contributed by atoms with Crippen molar-refractivity contribution in [1.29, 1.82) is 0 Å². The second-order valence-corrected chi connectivity index (χ2v) is 8.41. The van der Waals surface area contributed by atoms with Crippen molar-refractivity contribution in [2.24, 2.45) is 0 Å². The average molecular weight is 334 g/mol. The Morgan fingerprint density at radius 1 is 0.423 bits per heavy atom. The maximum absolute atomic E-state index is 2.35. The molecule has 0 fully saturated rings. The summed E-state index contributed by atoms with van der Waals surface area (Å²) < 4.78 is 0. The smallest absolute Gasteiger partial charge is 0.0132 e. The van der Waals surface area contributed by atoms with Crippen molar-refractivity contribution >= 4 is 43.1 Å². The Morgan fingerprint density at radius 3 is 1.27 bits per heavy atom. The Kier molecular flexibility index (Phi) is 3.15. The molecule has 126 valence electrons. The Balaban J connectivity index is 1.81. The fourth-order valence-corrected chi connectivity index (χ4v) is 3.91. The van der Waals surface area contributed by atoms with Gasteiger partial charge in [-0.25, -0.2) is 0 Å². The normalized spacial score (nSPS) is 12.4. The van der Waals surface area contributed by atoms with Crippen molar-refractivity contribution in [2.45, 2.75) is 26.2 Å². The molecule has 0 nitrogen and oxygen atoms in total. The Bertz CT molecular complexity index is 1300. The third-order valence-corrected chi connectivity index (χ3v) is 5.48. The van der Waals surface area contributed by atoms with Gasteiger partial charge in [-0.2, -0.15) is 0 Å². The number of rotatable bonds is 0. The summed E-state index contributed by atoms with van der Waals surface area (Å²) in [5, 5.41) is 10.5. The minimum atomic E-state index is 0.172. The lowest BCUT2D eigenvalue weighted by Gasteiger charge is -2.19. The Hall–Kier alpha value is -2.86. The summed E-state index contributed by atoms with van der Waals surface area (Å²) in [5.41, 5.74) is 1.56. The first kappa shape index (κ1) is 15.4. The van der Waals surface area contributed by atoms with Crippen LogP contribution >= 0.6 is 0 Å². The molecule has 0 aliphatic heterocycles. The van der Waals surface area contributed by atoms with Crippen LogP contribution in [0.5, 0.6) is 0 Å². The quantitative estimate of drug-likeness (QED) is 0.256. The van der Waals surface area contributed by atoms with Gasteiger partial charge < -0.3 is 0 Å². The SMILES string of the molecule is CC(C)(C)c1ccc2cc3cc4cc5ccccc5cc4cc3cc2c1. The molecule has 0 N–H and O–H groups in total. The van der Waals surface area contributed by atoms with Crippen molar-refractivity contribution in [1.82, 2.24) is 0 Å². The van der Waals surface area contributed by atoms with Gasteiger partial charge in [0.05, 0.1) is 0 Å². The van der Waals surface area contributed by atoms with Gasteiger partial charge in [-0.3, -0.25) is 0 Å². The van der Waals surface area contributed by atoms with E-state index in [2.05, 4.69) is 99.6 Å². The zero-order valence-corrected chi connectivity index (χ0v) is 15.5. The highest BCUT2D eigenvalue weighted by atomic mass is 14.2. The second-order valence-electron chi connectivity index (χ2n) is 8.41. The van der Waals surface area contributed by atoms with E-state index in [0.717, 1.165) is 0 Å². The van der Waals surface area contributed by atoms with Gasteiger partial charge in [-0.15, -0.1) is 0 Å². The minimum absolute atomic E-state index is 0.172. The average Bonchev–Trinajstić information content (AvgIpc) is 2.61. The van der Waals surface area contributed by atoms with Crippen LogP contribution in [0.25, 0.3) is 43.1 Å². The lowest BCUT2D eigenvalue weighted by atomic mass is 9.85. The van der Waals surface area contributed by atoms with Crippen molar-refractivity contribution in [3.8, 4) is 0 Å². The fourth-order valence-electron chi connectivity index (χ4n) is 3.91. The zero-order chi connectivity index (χ0) is 17.9. The molecule has 26 heavy (non-hydrogen) atoms. The highest BCUT2D eigenvalue weighted by Gasteiger charge is 2.14. The van der Waals surface area contributed by atoms with Gasteiger partial charge in [0.15, 0.2) is 0 Å². The van der Waals surface area contributed by atoms with E-state index in [1.54, 1.807) is 0 Å². The molecule has 0 spiro atoms. The molecule has 0 heterocycles. The molecule has 0 aliphatic carbocycles. The van der Waals surface area contributed by atoms with E-state index >= 15 is 0 Å². The molecule has 0 bridgehead atoms. The molecule has 5 aromatic rings. The number of fused-ring (bicyclic) bond motifs is 4. The van der Waals surface area contributed by atoms with Gasteiger partial charge in [0.1, 0.15) is 0 Å². The summed E-state index contributed by atoms with van der Waals surface area (Å²) in [6, 6.07) is 29.4. The molecular weight excluding hydrogens is 312 g/mol. The summed E-state index contributed by atoms with van der Waals surface area (Å²) in [6.45, 7) is 6.81. The van der Waals surface area contributed by atoms with E-state index in [9.17, 15) is 0 Å². The molecule has 0 unspecified atom stereocenters. The summed E-state index contributed by atoms with van der Waals surface area (Å²) >= 11 is 0. The monoisotopic (exact) mass is 334 g/mol. The standard InChI is InChI=1S/C26H22/c1-26(2,3)25-9-8-19-12-22-13-20-10-17-6-4-5-7-18(17)11-21(20)14-23(22)15-24(19)16-25/h4-16H,1-3H3. The number of benzene rings is 5. The van der Waals surface area contributed by atoms with Crippen LogP contribution in [-0.2, 0) is 5.41 Å². The Morgan fingerprint density at radius 2 is 0.808 bits per heavy atom. The summed E-state index contributed by atoms with van der Waals surface area (Å²) in [5.74, 6) is 0. The van der Waals surface area contributed by atoms with Crippen LogP contribution in [0.3, 0.4) is 0 Å². The van der Waals surface area contributed by atoms with E-state index in [0.29, 0.717) is 0 Å². The van der Waals surface area contributed by atoms with Gasteiger partial charge in [0, 0.05) is 0 Å². The first-order valence-corrected chi connectivity index (χ1v) is 9.28. The van der Waals surface area contributed by atoms with Crippen LogP contribution in [0.1, 0.15) is 26.3 Å². The van der Waals surface area contributed by atoms with Gasteiger partial charge in [0.25, 0.3) is 0 Å². The summed E-state index contributed by atoms with van der Waals surface area (Å²) in [4.78, 5) is 0. The van der Waals surface area contributed by atoms with E-state index < -0.39 is 0 Å². The van der Waals surface area contributed by atoms with E-state index in [1.807, 2.05) is 0 Å². The van der Waals surface area contributed by atoms with Gasteiger partial charge >= 0.3 is 0 Å². The van der Waals surface area contributed by atoms with Crippen LogP contribution < -0.4 is 0 Å². The lowest BCUT2D eigenvalue weighted by Crippen LogP contribution is -2.10. The molecule has 0 aliphatic rings. The van der Waals surface area contributed by atoms with E-state index in [1.165, 1.54) is 48.7 Å². The molecule has 0 saturated carbocycles. The molecule has 0 heteroatoms. The van der Waals surface area contributed by atoms with Gasteiger partial charge in [-0.1, -0.05) is 63.2 Å². The van der Waals surface area contributed by atoms with Crippen molar-refractivity contribution in [3.63, 3.8) is 0 Å². The molecule has 5 aromatic carbocycles. The Labute approximate surface area is 154 Å². The zero-order valence-electron chi connectivity index (χ0n) is 15.5. The molecular formula is C26H22. The van der Waals surface area contributed by atoms with Crippen LogP contribution in [0.4, 0.5) is 0 Å². The molecule has 0 radical (unpaired) electrons. The fraction of sp³-hybridized carbons (Fsp3) is 0.154. The number of hydrogen-bond acceptors (Lipinski definition) is 0. The van der Waals surface area contributed by atoms with Crippen LogP contribution in [0.2, 0.25) is 0 Å². The first-order valence-electron chi connectivity index (χ1n) is 9.28. The highest BCUT2D eigenvalue weighted by molar-refractivity contribution is 6.08. The van der Waals surface area contributed by atoms with Crippen molar-refractivity contribution < 1.29 is 0 Å². The third kappa shape index (κ3) is 2.45. The second kappa shape index (κ2) is 5.32. The predicted molar refractivity (Wildman–Crippen MR) is 115 cm³/mol. The maximum atomic E-state index is 2.35.